The highest BCUT2D eigenvalue weighted by Gasteiger charge is 2.71. The minimum Gasteiger partial charge on any atom is -0.397 e. The van der Waals surface area contributed by atoms with E-state index in [4.69, 9.17) is 10.8 Å². The van der Waals surface area contributed by atoms with Gasteiger partial charge < -0.3 is 10.8 Å². The highest BCUT2D eigenvalue weighted by molar-refractivity contribution is 9.10. The maximum Gasteiger partial charge on any atom is 0.430 e. The Morgan fingerprint density at radius 3 is 1.59 bits per heavy atom. The SMILES string of the molecule is Nc1c(Br)cc(C(O)(C(F)(F)F)C(F)(F)F)cc1C(F)(F)F. The molecule has 1 aromatic carbocycles. The number of nitrogen functional groups attached to an aromatic ring is 1. The molecule has 0 unspecified atom stereocenters. The summed E-state index contributed by atoms with van der Waals surface area (Å²) < 4.78 is 113. The molecule has 0 bridgehead atoms. The molecule has 3 N–H and O–H groups in total. The van der Waals surface area contributed by atoms with Gasteiger partial charge in [-0.05, 0) is 28.1 Å². The molecule has 126 valence electrons. The van der Waals surface area contributed by atoms with Crippen molar-refractivity contribution in [1.29, 1.82) is 0 Å². The normalized spacial score (nSPS) is 14.3. The lowest BCUT2D eigenvalue weighted by Gasteiger charge is -2.33. The largest absolute Gasteiger partial charge is 0.430 e. The van der Waals surface area contributed by atoms with E-state index in [0.29, 0.717) is 0 Å². The zero-order chi connectivity index (χ0) is 17.7. The molecule has 0 radical (unpaired) electrons. The number of hydrogen-bond acceptors (Lipinski definition) is 2. The molecule has 22 heavy (non-hydrogen) atoms. The molecule has 0 aliphatic carbocycles. The van der Waals surface area contributed by atoms with Crippen LogP contribution in [0.2, 0.25) is 0 Å². The molecule has 1 rings (SSSR count). The molecule has 0 aliphatic heterocycles. The lowest BCUT2D eigenvalue weighted by molar-refractivity contribution is -0.376. The van der Waals surface area contributed by atoms with Gasteiger partial charge in [0.15, 0.2) is 0 Å². The van der Waals surface area contributed by atoms with E-state index in [0.717, 1.165) is 0 Å². The molecule has 1 aromatic rings. The van der Waals surface area contributed by atoms with Crippen LogP contribution in [0.25, 0.3) is 0 Å². The van der Waals surface area contributed by atoms with Crippen LogP contribution < -0.4 is 5.73 Å². The van der Waals surface area contributed by atoms with E-state index in [1.54, 1.807) is 0 Å². The molecular formula is C10H5BrF9NO. The molecule has 0 spiro atoms. The van der Waals surface area contributed by atoms with Gasteiger partial charge in [-0.2, -0.15) is 39.5 Å². The maximum absolute atomic E-state index is 12.6. The summed E-state index contributed by atoms with van der Waals surface area (Å²) in [6.45, 7) is 0. The van der Waals surface area contributed by atoms with Crippen molar-refractivity contribution in [1.82, 2.24) is 0 Å². The molecule has 2 nitrogen and oxygen atoms in total. The number of aliphatic hydroxyl groups is 1. The Morgan fingerprint density at radius 2 is 1.27 bits per heavy atom. The molecule has 0 aromatic heterocycles. The second kappa shape index (κ2) is 5.18. The van der Waals surface area contributed by atoms with E-state index in [9.17, 15) is 39.5 Å². The van der Waals surface area contributed by atoms with Crippen LogP contribution in [0.4, 0.5) is 45.2 Å². The predicted molar refractivity (Wildman–Crippen MR) is 59.6 cm³/mol. The van der Waals surface area contributed by atoms with E-state index >= 15 is 0 Å². The molecule has 0 saturated carbocycles. The molecule has 0 saturated heterocycles. The van der Waals surface area contributed by atoms with Crippen LogP contribution in [-0.4, -0.2) is 17.5 Å². The van der Waals surface area contributed by atoms with Crippen molar-refractivity contribution in [2.45, 2.75) is 24.1 Å². The molecule has 0 fully saturated rings. The first kappa shape index (κ1) is 18.9. The third kappa shape index (κ3) is 2.98. The van der Waals surface area contributed by atoms with Gasteiger partial charge in [0.1, 0.15) is 0 Å². The zero-order valence-corrected chi connectivity index (χ0v) is 11.5. The van der Waals surface area contributed by atoms with E-state index in [1.807, 2.05) is 0 Å². The molecule has 12 heteroatoms. The number of anilines is 1. The van der Waals surface area contributed by atoms with Crippen LogP contribution in [0, 0.1) is 0 Å². The first-order valence-electron chi connectivity index (χ1n) is 5.06. The fourth-order valence-corrected chi connectivity index (χ4v) is 2.01. The Kier molecular flexibility index (Phi) is 4.45. The van der Waals surface area contributed by atoms with Gasteiger partial charge in [-0.15, -0.1) is 0 Å². The highest BCUT2D eigenvalue weighted by Crippen LogP contribution is 2.52. The van der Waals surface area contributed by atoms with Gasteiger partial charge in [0, 0.05) is 10.0 Å². The van der Waals surface area contributed by atoms with Crippen LogP contribution in [0.3, 0.4) is 0 Å². The lowest BCUT2D eigenvalue weighted by atomic mass is 9.90. The van der Waals surface area contributed by atoms with Crippen LogP contribution in [0.15, 0.2) is 16.6 Å². The van der Waals surface area contributed by atoms with Crippen molar-refractivity contribution < 1.29 is 44.6 Å². The van der Waals surface area contributed by atoms with Crippen molar-refractivity contribution in [3.05, 3.63) is 27.7 Å². The lowest BCUT2D eigenvalue weighted by Crippen LogP contribution is -2.54. The van der Waals surface area contributed by atoms with E-state index in [2.05, 4.69) is 15.9 Å². The number of alkyl halides is 9. The third-order valence-electron chi connectivity index (χ3n) is 2.67. The summed E-state index contributed by atoms with van der Waals surface area (Å²) in [5.41, 5.74) is -5.59. The summed E-state index contributed by atoms with van der Waals surface area (Å²) in [7, 11) is 0. The minimum atomic E-state index is -6.30. The van der Waals surface area contributed by atoms with Gasteiger partial charge in [-0.3, -0.25) is 0 Å². The summed E-state index contributed by atoms with van der Waals surface area (Å²) in [6, 6.07) is -0.452. The van der Waals surface area contributed by atoms with Crippen LogP contribution in [-0.2, 0) is 11.8 Å². The highest BCUT2D eigenvalue weighted by atomic mass is 79.9. The quantitative estimate of drug-likeness (QED) is 0.538. The summed E-state index contributed by atoms with van der Waals surface area (Å²) in [6.07, 6.45) is -17.9. The van der Waals surface area contributed by atoms with Gasteiger partial charge in [-0.1, -0.05) is 0 Å². The fourth-order valence-electron chi connectivity index (χ4n) is 1.55. The molecule has 0 aliphatic rings. The molecule has 0 atom stereocenters. The number of halogens is 10. The van der Waals surface area contributed by atoms with Crippen molar-refractivity contribution >= 4 is 21.6 Å². The fraction of sp³-hybridized carbons (Fsp3) is 0.400. The second-order valence-electron chi connectivity index (χ2n) is 4.12. The van der Waals surface area contributed by atoms with Crippen LogP contribution in [0.1, 0.15) is 11.1 Å². The first-order valence-corrected chi connectivity index (χ1v) is 5.85. The number of rotatable bonds is 1. The average Bonchev–Trinajstić information content (AvgIpc) is 2.26. The molecule has 0 amide bonds. The monoisotopic (exact) mass is 405 g/mol. The van der Waals surface area contributed by atoms with Crippen molar-refractivity contribution in [2.24, 2.45) is 0 Å². The van der Waals surface area contributed by atoms with Crippen molar-refractivity contribution in [3.8, 4) is 0 Å². The Morgan fingerprint density at radius 1 is 0.864 bits per heavy atom. The molecular weight excluding hydrogens is 401 g/mol. The van der Waals surface area contributed by atoms with E-state index in [1.165, 1.54) is 0 Å². The standard InChI is InChI=1S/C10H5BrF9NO/c11-5-2-3(1-4(6(5)21)8(12,13)14)7(22,9(15,16)17)10(18,19)20/h1-2,22H,21H2. The van der Waals surface area contributed by atoms with E-state index < -0.39 is 51.5 Å². The van der Waals surface area contributed by atoms with Gasteiger partial charge >= 0.3 is 18.5 Å². The first-order chi connectivity index (χ1) is 9.53. The summed E-state index contributed by atoms with van der Waals surface area (Å²) in [5, 5.41) is 9.08. The zero-order valence-electron chi connectivity index (χ0n) is 9.96. The summed E-state index contributed by atoms with van der Waals surface area (Å²) in [4.78, 5) is 0. The topological polar surface area (TPSA) is 46.2 Å². The maximum atomic E-state index is 12.6. The molecule has 0 heterocycles. The van der Waals surface area contributed by atoms with Gasteiger partial charge in [-0.25, -0.2) is 0 Å². The number of hydrogen-bond donors (Lipinski definition) is 2. The predicted octanol–water partition coefficient (Wildman–Crippen LogP) is 4.36. The minimum absolute atomic E-state index is 0.0333. The Hall–Kier alpha value is -1.17. The van der Waals surface area contributed by atoms with Crippen molar-refractivity contribution in [2.75, 3.05) is 5.73 Å². The summed E-state index contributed by atoms with van der Waals surface area (Å²) in [5.74, 6) is 0. The van der Waals surface area contributed by atoms with E-state index in [-0.39, 0.29) is 6.07 Å². The van der Waals surface area contributed by atoms with Gasteiger partial charge in [0.05, 0.1) is 11.3 Å². The number of benzene rings is 1. The van der Waals surface area contributed by atoms with Crippen LogP contribution in [0.5, 0.6) is 0 Å². The summed E-state index contributed by atoms with van der Waals surface area (Å²) >= 11 is 2.34. The third-order valence-corrected chi connectivity index (χ3v) is 3.33. The Bertz CT molecular complexity index is 561. The average molecular weight is 406 g/mol. The Balaban J connectivity index is 3.78. The van der Waals surface area contributed by atoms with Crippen LogP contribution >= 0.6 is 15.9 Å². The Labute approximate surface area is 124 Å². The smallest absolute Gasteiger partial charge is 0.397 e. The second-order valence-corrected chi connectivity index (χ2v) is 4.98. The number of nitrogens with two attached hydrogens (primary N) is 1. The van der Waals surface area contributed by atoms with Gasteiger partial charge in [0.25, 0.3) is 5.60 Å². The van der Waals surface area contributed by atoms with Gasteiger partial charge in [0.2, 0.25) is 0 Å². The van der Waals surface area contributed by atoms with Crippen molar-refractivity contribution in [3.63, 3.8) is 0 Å².